The smallest absolute Gasteiger partial charge is 0.330 e. The lowest BCUT2D eigenvalue weighted by molar-refractivity contribution is 0.472. The van der Waals surface area contributed by atoms with E-state index in [2.05, 4.69) is 0 Å². The maximum atomic E-state index is 11.9. The van der Waals surface area contributed by atoms with E-state index in [0.717, 1.165) is 4.57 Å². The number of hydrogen-bond donors (Lipinski definition) is 1. The highest BCUT2D eigenvalue weighted by atomic mass is 35.5. The van der Waals surface area contributed by atoms with Gasteiger partial charge in [-0.2, -0.15) is 0 Å². The van der Waals surface area contributed by atoms with E-state index in [1.54, 1.807) is 20.0 Å². The first-order valence-electron chi connectivity index (χ1n) is 5.94. The molecule has 0 aliphatic rings. The fourth-order valence-corrected chi connectivity index (χ4v) is 2.13. The van der Waals surface area contributed by atoms with Crippen molar-refractivity contribution in [2.75, 3.05) is 0 Å². The number of halogens is 1. The lowest BCUT2D eigenvalue weighted by Gasteiger charge is -2.11. The molecule has 1 aromatic carbocycles. The summed E-state index contributed by atoms with van der Waals surface area (Å²) >= 11 is 5.95. The van der Waals surface area contributed by atoms with Crippen LogP contribution in [0.2, 0.25) is 5.02 Å². The van der Waals surface area contributed by atoms with Gasteiger partial charge in [-0.05, 0) is 18.6 Å². The molecule has 1 heterocycles. The largest absolute Gasteiger partial charge is 0.506 e. The molecule has 1 aromatic heterocycles. The summed E-state index contributed by atoms with van der Waals surface area (Å²) in [6, 6.07) is 1.57. The number of nitrogens with zero attached hydrogens (tertiary/aromatic N) is 2. The summed E-state index contributed by atoms with van der Waals surface area (Å²) in [5, 5.41) is 9.85. The van der Waals surface area contributed by atoms with Crippen LogP contribution in [0.5, 0.6) is 5.75 Å². The van der Waals surface area contributed by atoms with Crippen molar-refractivity contribution in [1.82, 2.24) is 9.13 Å². The number of fused-ring (bicyclic) bond motifs is 1. The molecule has 2 rings (SSSR count). The van der Waals surface area contributed by atoms with Crippen LogP contribution in [-0.2, 0) is 14.1 Å². The number of phenols is 1. The van der Waals surface area contributed by atoms with Crippen molar-refractivity contribution in [2.45, 2.75) is 20.8 Å². The SMILES string of the molecule is CC.Cc1cc2c(c(Cl)c1O)c(=O)n(C)c(=O)n2C. The summed E-state index contributed by atoms with van der Waals surface area (Å²) in [6.45, 7) is 5.66. The first-order chi connectivity index (χ1) is 8.86. The highest BCUT2D eigenvalue weighted by molar-refractivity contribution is 6.36. The highest BCUT2D eigenvalue weighted by Crippen LogP contribution is 2.32. The van der Waals surface area contributed by atoms with Crippen LogP contribution >= 0.6 is 11.6 Å². The zero-order chi connectivity index (χ0) is 14.9. The van der Waals surface area contributed by atoms with Crippen molar-refractivity contribution < 1.29 is 5.11 Å². The Balaban J connectivity index is 0.000000861. The number of aryl methyl sites for hydroxylation is 2. The molecule has 0 aliphatic carbocycles. The van der Waals surface area contributed by atoms with Crippen LogP contribution in [0.1, 0.15) is 19.4 Å². The zero-order valence-corrected chi connectivity index (χ0v) is 12.4. The van der Waals surface area contributed by atoms with Crippen molar-refractivity contribution in [2.24, 2.45) is 14.1 Å². The Labute approximate surface area is 115 Å². The van der Waals surface area contributed by atoms with Gasteiger partial charge in [0, 0.05) is 14.1 Å². The van der Waals surface area contributed by atoms with E-state index in [0.29, 0.717) is 11.1 Å². The number of rotatable bonds is 0. The molecule has 5 nitrogen and oxygen atoms in total. The Hall–Kier alpha value is -1.75. The van der Waals surface area contributed by atoms with Crippen molar-refractivity contribution >= 4 is 22.5 Å². The molecule has 2 aromatic rings. The average molecular weight is 285 g/mol. The predicted molar refractivity (Wildman–Crippen MR) is 77.2 cm³/mol. The maximum Gasteiger partial charge on any atom is 0.330 e. The molecule has 0 saturated carbocycles. The third kappa shape index (κ3) is 2.26. The lowest BCUT2D eigenvalue weighted by Crippen LogP contribution is -2.37. The van der Waals surface area contributed by atoms with Gasteiger partial charge >= 0.3 is 5.69 Å². The van der Waals surface area contributed by atoms with E-state index in [-0.39, 0.29) is 16.2 Å². The Morgan fingerprint density at radius 2 is 1.68 bits per heavy atom. The number of benzene rings is 1. The molecule has 0 bridgehead atoms. The Bertz CT molecular complexity index is 744. The van der Waals surface area contributed by atoms with Gasteiger partial charge in [-0.15, -0.1) is 0 Å². The molecular formula is C13H17ClN2O3. The van der Waals surface area contributed by atoms with Gasteiger partial charge in [0.15, 0.2) is 0 Å². The van der Waals surface area contributed by atoms with E-state index < -0.39 is 11.2 Å². The van der Waals surface area contributed by atoms with Crippen LogP contribution in [0, 0.1) is 6.92 Å². The van der Waals surface area contributed by atoms with E-state index in [4.69, 9.17) is 11.6 Å². The minimum atomic E-state index is -0.511. The Morgan fingerprint density at radius 1 is 1.16 bits per heavy atom. The van der Waals surface area contributed by atoms with E-state index in [1.165, 1.54) is 11.6 Å². The van der Waals surface area contributed by atoms with Crippen LogP contribution in [0.25, 0.3) is 10.9 Å². The normalized spacial score (nSPS) is 10.2. The molecule has 0 aliphatic heterocycles. The zero-order valence-electron chi connectivity index (χ0n) is 11.6. The van der Waals surface area contributed by atoms with Gasteiger partial charge in [0.1, 0.15) is 5.75 Å². The molecule has 1 N–H and O–H groups in total. The molecule has 0 spiro atoms. The number of aromatic hydroxyl groups is 1. The Morgan fingerprint density at radius 3 is 2.21 bits per heavy atom. The van der Waals surface area contributed by atoms with Gasteiger partial charge in [-0.3, -0.25) is 13.9 Å². The molecule has 6 heteroatoms. The summed E-state index contributed by atoms with van der Waals surface area (Å²) in [5.74, 6) is -0.130. The highest BCUT2D eigenvalue weighted by Gasteiger charge is 2.16. The molecule has 19 heavy (non-hydrogen) atoms. The maximum absolute atomic E-state index is 11.9. The molecular weight excluding hydrogens is 268 g/mol. The molecule has 0 radical (unpaired) electrons. The monoisotopic (exact) mass is 284 g/mol. The molecule has 0 unspecified atom stereocenters. The van der Waals surface area contributed by atoms with Crippen molar-refractivity contribution in [1.29, 1.82) is 0 Å². The molecule has 0 atom stereocenters. The number of aromatic nitrogens is 2. The third-order valence-electron chi connectivity index (χ3n) is 2.86. The van der Waals surface area contributed by atoms with Crippen molar-refractivity contribution in [3.05, 3.63) is 37.5 Å². The summed E-state index contributed by atoms with van der Waals surface area (Å²) in [6.07, 6.45) is 0. The van der Waals surface area contributed by atoms with Crippen LogP contribution in [0.4, 0.5) is 0 Å². The van der Waals surface area contributed by atoms with Gasteiger partial charge in [0.05, 0.1) is 15.9 Å². The number of phenolic OH excluding ortho intramolecular Hbond substituents is 1. The molecule has 104 valence electrons. The topological polar surface area (TPSA) is 64.2 Å². The standard InChI is InChI=1S/C11H11ClN2O3.C2H6/c1-5-4-6-7(8(12)9(5)15)10(16)14(3)11(17)13(6)2;1-2/h4,15H,1-3H3;1-2H3. The fraction of sp³-hybridized carbons (Fsp3) is 0.385. The van der Waals surface area contributed by atoms with Crippen LogP contribution in [0.15, 0.2) is 15.7 Å². The van der Waals surface area contributed by atoms with Crippen LogP contribution in [-0.4, -0.2) is 14.2 Å². The van der Waals surface area contributed by atoms with E-state index >= 15 is 0 Å². The van der Waals surface area contributed by atoms with Gasteiger partial charge < -0.3 is 5.11 Å². The summed E-state index contributed by atoms with van der Waals surface area (Å²) in [4.78, 5) is 23.7. The summed E-state index contributed by atoms with van der Waals surface area (Å²) < 4.78 is 2.29. The van der Waals surface area contributed by atoms with E-state index in [1.807, 2.05) is 13.8 Å². The third-order valence-corrected chi connectivity index (χ3v) is 3.23. The first kappa shape index (κ1) is 15.3. The van der Waals surface area contributed by atoms with Crippen LogP contribution in [0.3, 0.4) is 0 Å². The second-order valence-corrected chi connectivity index (χ2v) is 4.33. The molecule has 0 fully saturated rings. The van der Waals surface area contributed by atoms with Crippen molar-refractivity contribution in [3.63, 3.8) is 0 Å². The number of hydrogen-bond acceptors (Lipinski definition) is 3. The predicted octanol–water partition coefficient (Wildman–Crippen LogP) is 1.93. The average Bonchev–Trinajstić information content (AvgIpc) is 2.42. The minimum absolute atomic E-state index is 0.0174. The molecule has 0 amide bonds. The van der Waals surface area contributed by atoms with Gasteiger partial charge in [-0.1, -0.05) is 25.4 Å². The Kier molecular flexibility index (Phi) is 4.42. The van der Waals surface area contributed by atoms with Crippen molar-refractivity contribution in [3.8, 4) is 5.75 Å². The van der Waals surface area contributed by atoms with Gasteiger partial charge in [-0.25, -0.2) is 4.79 Å². The summed E-state index contributed by atoms with van der Waals surface area (Å²) in [7, 11) is 2.92. The fourth-order valence-electron chi connectivity index (χ4n) is 1.80. The lowest BCUT2D eigenvalue weighted by atomic mass is 10.1. The second-order valence-electron chi connectivity index (χ2n) is 3.96. The minimum Gasteiger partial charge on any atom is -0.506 e. The van der Waals surface area contributed by atoms with Gasteiger partial charge in [0.25, 0.3) is 5.56 Å². The van der Waals surface area contributed by atoms with Crippen LogP contribution < -0.4 is 11.2 Å². The molecule has 0 saturated heterocycles. The first-order valence-corrected chi connectivity index (χ1v) is 6.32. The quantitative estimate of drug-likeness (QED) is 0.804. The second kappa shape index (κ2) is 5.48. The summed E-state index contributed by atoms with van der Waals surface area (Å²) in [5.41, 5.74) is -0.00351. The van der Waals surface area contributed by atoms with Gasteiger partial charge in [0.2, 0.25) is 0 Å². The van der Waals surface area contributed by atoms with E-state index in [9.17, 15) is 14.7 Å².